The standard InChI is InChI=1S/C22H22N2O5S/c25-22(17-11-14-28-16-17)23-20-15-19(30(26,27)24-12-5-2-6-13-24)9-10-21(20)29-18-7-3-1-4-8-18/h1,3-4,7-11,14-16H,2,5-6,12-13H2,(H,23,25). The summed E-state index contributed by atoms with van der Waals surface area (Å²) in [6.45, 7) is 1.00. The molecule has 0 aliphatic carbocycles. The zero-order valence-corrected chi connectivity index (χ0v) is 17.1. The number of nitrogens with zero attached hydrogens (tertiary/aromatic N) is 1. The maximum absolute atomic E-state index is 13.1. The van der Waals surface area contributed by atoms with Crippen molar-refractivity contribution in [3.63, 3.8) is 0 Å². The number of furan rings is 1. The minimum Gasteiger partial charge on any atom is -0.472 e. The molecule has 3 aromatic rings. The van der Waals surface area contributed by atoms with Gasteiger partial charge in [-0.1, -0.05) is 24.6 Å². The monoisotopic (exact) mass is 426 g/mol. The van der Waals surface area contributed by atoms with Gasteiger partial charge in [0.2, 0.25) is 10.0 Å². The quantitative estimate of drug-likeness (QED) is 0.627. The lowest BCUT2D eigenvalue weighted by molar-refractivity contribution is 0.102. The van der Waals surface area contributed by atoms with Gasteiger partial charge in [-0.3, -0.25) is 4.79 Å². The van der Waals surface area contributed by atoms with Gasteiger partial charge in [-0.15, -0.1) is 0 Å². The Balaban J connectivity index is 1.68. The summed E-state index contributed by atoms with van der Waals surface area (Å²) in [5.74, 6) is 0.493. The van der Waals surface area contributed by atoms with Crippen LogP contribution >= 0.6 is 0 Å². The van der Waals surface area contributed by atoms with Crippen LogP contribution in [0.25, 0.3) is 0 Å². The van der Waals surface area contributed by atoms with Crippen molar-refractivity contribution in [1.29, 1.82) is 0 Å². The van der Waals surface area contributed by atoms with Crippen molar-refractivity contribution in [3.05, 3.63) is 72.7 Å². The summed E-state index contributed by atoms with van der Waals surface area (Å²) in [7, 11) is -3.66. The van der Waals surface area contributed by atoms with Crippen molar-refractivity contribution in [2.75, 3.05) is 18.4 Å². The molecule has 30 heavy (non-hydrogen) atoms. The third-order valence-electron chi connectivity index (χ3n) is 4.91. The second kappa shape index (κ2) is 8.73. The number of ether oxygens (including phenoxy) is 1. The number of sulfonamides is 1. The molecule has 4 rings (SSSR count). The first-order valence-electron chi connectivity index (χ1n) is 9.75. The number of hydrogen-bond donors (Lipinski definition) is 1. The van der Waals surface area contributed by atoms with E-state index in [0.717, 1.165) is 19.3 Å². The molecule has 1 aliphatic heterocycles. The lowest BCUT2D eigenvalue weighted by Crippen LogP contribution is -2.35. The summed E-state index contributed by atoms with van der Waals surface area (Å²) < 4.78 is 38.5. The predicted octanol–water partition coefficient (Wildman–Crippen LogP) is 4.50. The topological polar surface area (TPSA) is 88.9 Å². The van der Waals surface area contributed by atoms with Crippen molar-refractivity contribution < 1.29 is 22.4 Å². The van der Waals surface area contributed by atoms with Crippen LogP contribution in [0.5, 0.6) is 11.5 Å². The summed E-state index contributed by atoms with van der Waals surface area (Å²) in [6, 6.07) is 15.1. The van der Waals surface area contributed by atoms with E-state index >= 15 is 0 Å². The van der Waals surface area contributed by atoms with Gasteiger partial charge in [0.1, 0.15) is 12.0 Å². The number of nitrogens with one attached hydrogen (secondary N) is 1. The molecule has 1 saturated heterocycles. The number of rotatable bonds is 6. The third kappa shape index (κ3) is 4.39. The molecule has 8 heteroatoms. The number of hydrogen-bond acceptors (Lipinski definition) is 5. The molecule has 156 valence electrons. The van der Waals surface area contributed by atoms with E-state index in [0.29, 0.717) is 30.2 Å². The number of anilines is 1. The summed E-state index contributed by atoms with van der Waals surface area (Å²) in [5, 5.41) is 2.74. The second-order valence-corrected chi connectivity index (χ2v) is 8.94. The lowest BCUT2D eigenvalue weighted by atomic mass is 10.2. The van der Waals surface area contributed by atoms with Crippen LogP contribution in [0.15, 0.2) is 76.4 Å². The van der Waals surface area contributed by atoms with E-state index in [1.165, 1.54) is 35.0 Å². The molecule has 0 atom stereocenters. The van der Waals surface area contributed by atoms with E-state index in [9.17, 15) is 13.2 Å². The molecule has 0 saturated carbocycles. The van der Waals surface area contributed by atoms with Crippen molar-refractivity contribution in [3.8, 4) is 11.5 Å². The number of carbonyl (C=O) groups is 1. The average molecular weight is 426 g/mol. The number of para-hydroxylation sites is 1. The van der Waals surface area contributed by atoms with Crippen LogP contribution in [0, 0.1) is 0 Å². The summed E-state index contributed by atoms with van der Waals surface area (Å²) in [4.78, 5) is 12.7. The normalized spacial score (nSPS) is 14.9. The molecule has 1 aliphatic rings. The van der Waals surface area contributed by atoms with Crippen LogP contribution in [0.2, 0.25) is 0 Å². The van der Waals surface area contributed by atoms with Crippen molar-refractivity contribution >= 4 is 21.6 Å². The van der Waals surface area contributed by atoms with Crippen LogP contribution in [0.1, 0.15) is 29.6 Å². The number of piperidine rings is 1. The van der Waals surface area contributed by atoms with Gasteiger partial charge in [-0.05, 0) is 49.2 Å². The molecule has 0 radical (unpaired) electrons. The Morgan fingerprint density at radius 1 is 1.00 bits per heavy atom. The molecule has 1 amide bonds. The minimum atomic E-state index is -3.66. The Bertz CT molecular complexity index is 1110. The van der Waals surface area contributed by atoms with E-state index in [-0.39, 0.29) is 10.6 Å². The Hall–Kier alpha value is -3.10. The van der Waals surface area contributed by atoms with Crippen molar-refractivity contribution in [1.82, 2.24) is 4.31 Å². The van der Waals surface area contributed by atoms with Gasteiger partial charge in [-0.25, -0.2) is 8.42 Å². The smallest absolute Gasteiger partial charge is 0.259 e. The molecule has 2 heterocycles. The molecule has 1 N–H and O–H groups in total. The minimum absolute atomic E-state index is 0.118. The Kier molecular flexibility index (Phi) is 5.87. The first kappa shape index (κ1) is 20.2. The highest BCUT2D eigenvalue weighted by Crippen LogP contribution is 2.33. The van der Waals surface area contributed by atoms with Crippen molar-refractivity contribution in [2.24, 2.45) is 0 Å². The molecule has 1 fully saturated rings. The number of carbonyl (C=O) groups excluding carboxylic acids is 1. The average Bonchev–Trinajstić information content (AvgIpc) is 3.31. The van der Waals surface area contributed by atoms with E-state index in [4.69, 9.17) is 9.15 Å². The Morgan fingerprint density at radius 2 is 1.77 bits per heavy atom. The molecular weight excluding hydrogens is 404 g/mol. The molecule has 0 unspecified atom stereocenters. The third-order valence-corrected chi connectivity index (χ3v) is 6.80. The zero-order chi connectivity index (χ0) is 21.0. The van der Waals surface area contributed by atoms with Gasteiger partial charge in [0.15, 0.2) is 5.75 Å². The highest BCUT2D eigenvalue weighted by atomic mass is 32.2. The van der Waals surface area contributed by atoms with Crippen LogP contribution < -0.4 is 10.1 Å². The molecule has 0 spiro atoms. The lowest BCUT2D eigenvalue weighted by Gasteiger charge is -2.26. The van der Waals surface area contributed by atoms with Gasteiger partial charge in [0.05, 0.1) is 22.4 Å². The second-order valence-electron chi connectivity index (χ2n) is 7.00. The van der Waals surface area contributed by atoms with Crippen LogP contribution in [0.3, 0.4) is 0 Å². The number of amides is 1. The summed E-state index contributed by atoms with van der Waals surface area (Å²) >= 11 is 0. The van der Waals surface area contributed by atoms with Gasteiger partial charge in [0.25, 0.3) is 5.91 Å². The highest BCUT2D eigenvalue weighted by molar-refractivity contribution is 7.89. The first-order valence-corrected chi connectivity index (χ1v) is 11.2. The predicted molar refractivity (Wildman–Crippen MR) is 112 cm³/mol. The molecule has 1 aromatic heterocycles. The van der Waals surface area contributed by atoms with E-state index < -0.39 is 15.9 Å². The molecular formula is C22H22N2O5S. The van der Waals surface area contributed by atoms with Crippen LogP contribution in [-0.4, -0.2) is 31.7 Å². The zero-order valence-electron chi connectivity index (χ0n) is 16.3. The molecule has 0 bridgehead atoms. The molecule has 7 nitrogen and oxygen atoms in total. The van der Waals surface area contributed by atoms with Crippen LogP contribution in [-0.2, 0) is 10.0 Å². The SMILES string of the molecule is O=C(Nc1cc(S(=O)(=O)N2CCCCC2)ccc1Oc1ccccc1)c1ccoc1. The Morgan fingerprint density at radius 3 is 2.47 bits per heavy atom. The van der Waals surface area contributed by atoms with Gasteiger partial charge in [0, 0.05) is 13.1 Å². The van der Waals surface area contributed by atoms with Gasteiger partial charge >= 0.3 is 0 Å². The fourth-order valence-electron chi connectivity index (χ4n) is 3.31. The summed E-state index contributed by atoms with van der Waals surface area (Å²) in [6.07, 6.45) is 5.44. The maximum atomic E-state index is 13.1. The molecule has 2 aromatic carbocycles. The van der Waals surface area contributed by atoms with Gasteiger partial charge in [-0.2, -0.15) is 4.31 Å². The maximum Gasteiger partial charge on any atom is 0.259 e. The Labute approximate surface area is 175 Å². The largest absolute Gasteiger partial charge is 0.472 e. The van der Waals surface area contributed by atoms with Gasteiger partial charge < -0.3 is 14.5 Å². The fourth-order valence-corrected chi connectivity index (χ4v) is 4.86. The van der Waals surface area contributed by atoms with Crippen LogP contribution in [0.4, 0.5) is 5.69 Å². The number of benzene rings is 2. The first-order chi connectivity index (χ1) is 14.5. The fraction of sp³-hybridized carbons (Fsp3) is 0.227. The summed E-state index contributed by atoms with van der Waals surface area (Å²) in [5.41, 5.74) is 0.591. The van der Waals surface area contributed by atoms with Crippen molar-refractivity contribution in [2.45, 2.75) is 24.2 Å². The van der Waals surface area contributed by atoms with E-state index in [1.54, 1.807) is 18.2 Å². The van der Waals surface area contributed by atoms with E-state index in [1.807, 2.05) is 18.2 Å². The highest BCUT2D eigenvalue weighted by Gasteiger charge is 2.27. The van der Waals surface area contributed by atoms with E-state index in [2.05, 4.69) is 5.32 Å².